The van der Waals surface area contributed by atoms with Gasteiger partial charge in [-0.2, -0.15) is 0 Å². The number of non-ortho nitro benzene ring substituents is 1. The summed E-state index contributed by atoms with van der Waals surface area (Å²) in [5.41, 5.74) is 0.725. The highest BCUT2D eigenvalue weighted by Crippen LogP contribution is 2.30. The summed E-state index contributed by atoms with van der Waals surface area (Å²) in [5.74, 6) is 0.434. The topological polar surface area (TPSA) is 85.2 Å². The van der Waals surface area contributed by atoms with Gasteiger partial charge in [0.1, 0.15) is 11.3 Å². The summed E-state index contributed by atoms with van der Waals surface area (Å²) in [4.78, 5) is 26.4. The van der Waals surface area contributed by atoms with Crippen LogP contribution in [0.2, 0.25) is 0 Å². The summed E-state index contributed by atoms with van der Waals surface area (Å²) in [6, 6.07) is 6.32. The molecule has 1 N–H and O–H groups in total. The molecule has 6 nitrogen and oxygen atoms in total. The minimum atomic E-state index is -0.471. The Morgan fingerprint density at radius 2 is 2.24 bits per heavy atom. The molecule has 0 saturated carbocycles. The molecule has 1 aromatic carbocycles. The number of aromatic nitrogens is 1. The first-order valence-electron chi connectivity index (χ1n) is 6.03. The van der Waals surface area contributed by atoms with Crippen LogP contribution < -0.4 is 4.74 Å². The average Bonchev–Trinajstić information content (AvgIpc) is 3.12. The van der Waals surface area contributed by atoms with Crippen LogP contribution in [0.25, 0.3) is 10.9 Å². The second kappa shape index (κ2) is 5.02. The van der Waals surface area contributed by atoms with Gasteiger partial charge in [0.2, 0.25) is 5.78 Å². The fourth-order valence-electron chi connectivity index (χ4n) is 2.16. The molecular weight excluding hydrogens is 292 g/mol. The number of rotatable bonds is 4. The summed E-state index contributed by atoms with van der Waals surface area (Å²) < 4.78 is 5.06. The van der Waals surface area contributed by atoms with Gasteiger partial charge in [-0.25, -0.2) is 0 Å². The molecule has 0 unspecified atom stereocenters. The van der Waals surface area contributed by atoms with Crippen LogP contribution in [0.5, 0.6) is 5.75 Å². The summed E-state index contributed by atoms with van der Waals surface area (Å²) in [7, 11) is 1.53. The van der Waals surface area contributed by atoms with Crippen molar-refractivity contribution in [3.05, 3.63) is 56.4 Å². The molecule has 2 heterocycles. The van der Waals surface area contributed by atoms with Gasteiger partial charge >= 0.3 is 0 Å². The maximum absolute atomic E-state index is 12.5. The van der Waals surface area contributed by atoms with Gasteiger partial charge in [-0.15, -0.1) is 11.3 Å². The largest absolute Gasteiger partial charge is 0.496 e. The molecule has 0 aliphatic carbocycles. The molecule has 0 aliphatic heterocycles. The minimum Gasteiger partial charge on any atom is -0.496 e. The number of fused-ring (bicyclic) bond motifs is 1. The molecule has 2 aromatic heterocycles. The number of nitro benzene ring substituents is 1. The quantitative estimate of drug-likeness (QED) is 0.455. The number of nitro groups is 1. The third-order valence-corrected chi connectivity index (χ3v) is 4.08. The monoisotopic (exact) mass is 302 g/mol. The van der Waals surface area contributed by atoms with Crippen molar-refractivity contribution >= 4 is 33.7 Å². The number of nitrogens with one attached hydrogen (secondary N) is 1. The maximum atomic E-state index is 12.5. The Hall–Kier alpha value is -2.67. The molecule has 0 aliphatic rings. The lowest BCUT2D eigenvalue weighted by molar-refractivity contribution is -0.383. The van der Waals surface area contributed by atoms with E-state index in [1.165, 1.54) is 30.7 Å². The van der Waals surface area contributed by atoms with Crippen LogP contribution in [0.3, 0.4) is 0 Å². The van der Waals surface area contributed by atoms with Crippen molar-refractivity contribution in [3.63, 3.8) is 0 Å². The fourth-order valence-corrected chi connectivity index (χ4v) is 2.96. The van der Waals surface area contributed by atoms with Gasteiger partial charge in [-0.05, 0) is 0 Å². The van der Waals surface area contributed by atoms with E-state index in [4.69, 9.17) is 4.74 Å². The average molecular weight is 302 g/mol. The molecule has 0 spiro atoms. The lowest BCUT2D eigenvalue weighted by Crippen LogP contribution is -1.97. The van der Waals surface area contributed by atoms with Crippen LogP contribution in [0.1, 0.15) is 15.2 Å². The summed E-state index contributed by atoms with van der Waals surface area (Å²) in [6.07, 6.45) is 1.51. The number of nitrogens with zero attached hydrogens (tertiary/aromatic N) is 1. The third-order valence-electron chi connectivity index (χ3n) is 3.17. The molecular formula is C14H10N2O4S. The van der Waals surface area contributed by atoms with Crippen molar-refractivity contribution < 1.29 is 14.5 Å². The number of ether oxygens (including phenoxy) is 1. The number of H-pyrrole nitrogens is 1. The molecule has 7 heteroatoms. The summed E-state index contributed by atoms with van der Waals surface area (Å²) in [5, 5.41) is 13.3. The van der Waals surface area contributed by atoms with Crippen molar-refractivity contribution in [1.29, 1.82) is 0 Å². The first-order chi connectivity index (χ1) is 10.1. The van der Waals surface area contributed by atoms with E-state index in [-0.39, 0.29) is 11.5 Å². The normalized spacial score (nSPS) is 10.7. The van der Waals surface area contributed by atoms with E-state index in [1.54, 1.807) is 23.6 Å². The predicted octanol–water partition coefficient (Wildman–Crippen LogP) is 3.38. The Balaban J connectivity index is 2.11. The van der Waals surface area contributed by atoms with Gasteiger partial charge < -0.3 is 9.72 Å². The summed E-state index contributed by atoms with van der Waals surface area (Å²) >= 11 is 1.28. The molecule has 0 radical (unpaired) electrons. The second-order valence-electron chi connectivity index (χ2n) is 4.34. The van der Waals surface area contributed by atoms with Crippen molar-refractivity contribution in [1.82, 2.24) is 4.98 Å². The number of hydrogen-bond acceptors (Lipinski definition) is 5. The molecule has 0 bridgehead atoms. The SMILES string of the molecule is COc1csc(C(=O)c2c[nH]c3c([N+](=O)[O-])cccc23)c1. The second-order valence-corrected chi connectivity index (χ2v) is 5.25. The highest BCUT2D eigenvalue weighted by Gasteiger charge is 2.20. The molecule has 0 fully saturated rings. The van der Waals surface area contributed by atoms with E-state index in [2.05, 4.69) is 4.98 Å². The van der Waals surface area contributed by atoms with Crippen LogP contribution >= 0.6 is 11.3 Å². The Bertz CT molecular complexity index is 850. The predicted molar refractivity (Wildman–Crippen MR) is 79.3 cm³/mol. The molecule has 0 amide bonds. The molecule has 106 valence electrons. The van der Waals surface area contributed by atoms with E-state index in [1.807, 2.05) is 0 Å². The number of ketones is 1. The van der Waals surface area contributed by atoms with Crippen LogP contribution in [0.15, 0.2) is 35.8 Å². The highest BCUT2D eigenvalue weighted by atomic mass is 32.1. The first kappa shape index (κ1) is 13.3. The van der Waals surface area contributed by atoms with E-state index in [0.717, 1.165) is 0 Å². The Morgan fingerprint density at radius 3 is 2.90 bits per heavy atom. The molecule has 0 atom stereocenters. The third kappa shape index (κ3) is 2.17. The van der Waals surface area contributed by atoms with E-state index >= 15 is 0 Å². The number of methoxy groups -OCH3 is 1. The molecule has 0 saturated heterocycles. The Labute approximate surface area is 123 Å². The number of aromatic amines is 1. The first-order valence-corrected chi connectivity index (χ1v) is 6.91. The van der Waals surface area contributed by atoms with E-state index in [0.29, 0.717) is 27.1 Å². The smallest absolute Gasteiger partial charge is 0.293 e. The standard InChI is InChI=1S/C14H10N2O4S/c1-20-8-5-12(21-7-8)14(17)10-6-15-13-9(10)3-2-4-11(13)16(18)19/h2-7,15H,1H3. The van der Waals surface area contributed by atoms with Crippen molar-refractivity contribution in [3.8, 4) is 5.75 Å². The van der Waals surface area contributed by atoms with Gasteiger partial charge in [-0.3, -0.25) is 14.9 Å². The zero-order chi connectivity index (χ0) is 15.0. The highest BCUT2D eigenvalue weighted by molar-refractivity contribution is 7.12. The maximum Gasteiger partial charge on any atom is 0.293 e. The van der Waals surface area contributed by atoms with Crippen LogP contribution in [0, 0.1) is 10.1 Å². The number of hydrogen-bond donors (Lipinski definition) is 1. The number of benzene rings is 1. The minimum absolute atomic E-state index is 0.0460. The lowest BCUT2D eigenvalue weighted by atomic mass is 10.1. The van der Waals surface area contributed by atoms with Gasteiger partial charge in [0.25, 0.3) is 5.69 Å². The number of thiophene rings is 1. The number of carbonyl (C=O) groups excluding carboxylic acids is 1. The van der Waals surface area contributed by atoms with Crippen molar-refractivity contribution in [2.45, 2.75) is 0 Å². The fraction of sp³-hybridized carbons (Fsp3) is 0.0714. The van der Waals surface area contributed by atoms with Crippen molar-refractivity contribution in [2.75, 3.05) is 7.11 Å². The summed E-state index contributed by atoms with van der Waals surface area (Å²) in [6.45, 7) is 0. The van der Waals surface area contributed by atoms with E-state index in [9.17, 15) is 14.9 Å². The zero-order valence-corrected chi connectivity index (χ0v) is 11.8. The zero-order valence-electron chi connectivity index (χ0n) is 11.0. The Kier molecular flexibility index (Phi) is 3.19. The van der Waals surface area contributed by atoms with Crippen LogP contribution in [-0.2, 0) is 0 Å². The Morgan fingerprint density at radius 1 is 1.43 bits per heavy atom. The van der Waals surface area contributed by atoms with Gasteiger partial charge in [-0.1, -0.05) is 12.1 Å². The molecule has 21 heavy (non-hydrogen) atoms. The van der Waals surface area contributed by atoms with Gasteiger partial charge in [0.05, 0.1) is 16.9 Å². The number of carbonyl (C=O) groups is 1. The van der Waals surface area contributed by atoms with Gasteiger partial charge in [0.15, 0.2) is 0 Å². The molecule has 3 aromatic rings. The van der Waals surface area contributed by atoms with Crippen LogP contribution in [-0.4, -0.2) is 22.8 Å². The van der Waals surface area contributed by atoms with Crippen LogP contribution in [0.4, 0.5) is 5.69 Å². The van der Waals surface area contributed by atoms with Crippen molar-refractivity contribution in [2.24, 2.45) is 0 Å². The number of para-hydroxylation sites is 1. The lowest BCUT2D eigenvalue weighted by Gasteiger charge is -1.97. The molecule has 3 rings (SSSR count). The van der Waals surface area contributed by atoms with Gasteiger partial charge in [0, 0.05) is 34.7 Å². The van der Waals surface area contributed by atoms with E-state index < -0.39 is 4.92 Å².